The summed E-state index contributed by atoms with van der Waals surface area (Å²) in [5.74, 6) is 0.744. The van der Waals surface area contributed by atoms with Crippen molar-refractivity contribution in [3.63, 3.8) is 0 Å². The van der Waals surface area contributed by atoms with Gasteiger partial charge in [-0.2, -0.15) is 0 Å². The van der Waals surface area contributed by atoms with Gasteiger partial charge >= 0.3 is 0 Å². The van der Waals surface area contributed by atoms with Gasteiger partial charge in [-0.3, -0.25) is 4.79 Å². The molecule has 6 heteroatoms. The number of hydrogen-bond acceptors (Lipinski definition) is 3. The molecule has 138 valence electrons. The molecule has 1 N–H and O–H groups in total. The van der Waals surface area contributed by atoms with E-state index >= 15 is 0 Å². The lowest BCUT2D eigenvalue weighted by Gasteiger charge is -2.25. The predicted molar refractivity (Wildman–Crippen MR) is 98.3 cm³/mol. The third-order valence-corrected chi connectivity index (χ3v) is 4.66. The van der Waals surface area contributed by atoms with Crippen molar-refractivity contribution in [1.82, 2.24) is 5.32 Å². The second-order valence-corrected chi connectivity index (χ2v) is 6.98. The molecule has 0 aromatic heterocycles. The molecular formula is C20H21ClFNO3. The lowest BCUT2D eigenvalue weighted by Crippen LogP contribution is -2.33. The zero-order valence-corrected chi connectivity index (χ0v) is 15.5. The summed E-state index contributed by atoms with van der Waals surface area (Å²) in [7, 11) is 0. The third kappa shape index (κ3) is 4.10. The molecule has 1 aliphatic heterocycles. The molecular weight excluding hydrogens is 357 g/mol. The van der Waals surface area contributed by atoms with Crippen LogP contribution in [0.15, 0.2) is 36.4 Å². The van der Waals surface area contributed by atoms with Crippen molar-refractivity contribution in [2.24, 2.45) is 5.92 Å². The van der Waals surface area contributed by atoms with Crippen LogP contribution in [0.5, 0.6) is 11.5 Å². The van der Waals surface area contributed by atoms with E-state index in [9.17, 15) is 9.18 Å². The van der Waals surface area contributed by atoms with E-state index in [-0.39, 0.29) is 34.9 Å². The van der Waals surface area contributed by atoms with Crippen LogP contribution in [0, 0.1) is 11.7 Å². The lowest BCUT2D eigenvalue weighted by atomic mass is 9.95. The molecule has 1 atom stereocenters. The molecule has 0 aliphatic carbocycles. The van der Waals surface area contributed by atoms with E-state index in [2.05, 4.69) is 5.32 Å². The maximum absolute atomic E-state index is 13.9. The molecule has 1 unspecified atom stereocenters. The minimum Gasteiger partial charge on any atom is -0.486 e. The Bertz CT molecular complexity index is 789. The van der Waals surface area contributed by atoms with Crippen LogP contribution in [0.3, 0.4) is 0 Å². The van der Waals surface area contributed by atoms with Crippen molar-refractivity contribution in [3.05, 3.63) is 58.4 Å². The van der Waals surface area contributed by atoms with Gasteiger partial charge in [0.25, 0.3) is 0 Å². The number of carbonyl (C=O) groups excluding carboxylic acids is 1. The molecule has 1 aliphatic rings. The highest BCUT2D eigenvalue weighted by atomic mass is 35.5. The van der Waals surface area contributed by atoms with Gasteiger partial charge in [0.1, 0.15) is 19.0 Å². The molecule has 26 heavy (non-hydrogen) atoms. The number of nitrogens with one attached hydrogen (secondary N) is 1. The number of rotatable bonds is 5. The van der Waals surface area contributed by atoms with E-state index in [1.54, 1.807) is 6.07 Å². The molecule has 0 radical (unpaired) electrons. The molecule has 2 aromatic carbocycles. The summed E-state index contributed by atoms with van der Waals surface area (Å²) in [5, 5.41) is 3.23. The van der Waals surface area contributed by atoms with Crippen LogP contribution in [-0.2, 0) is 11.2 Å². The Morgan fingerprint density at radius 1 is 1.19 bits per heavy atom. The molecule has 0 spiro atoms. The third-order valence-electron chi connectivity index (χ3n) is 4.31. The van der Waals surface area contributed by atoms with E-state index < -0.39 is 5.82 Å². The van der Waals surface area contributed by atoms with Crippen LogP contribution >= 0.6 is 11.6 Å². The van der Waals surface area contributed by atoms with Gasteiger partial charge < -0.3 is 14.8 Å². The van der Waals surface area contributed by atoms with Gasteiger partial charge in [0.15, 0.2) is 11.5 Å². The van der Waals surface area contributed by atoms with Crippen LogP contribution in [-0.4, -0.2) is 19.1 Å². The Morgan fingerprint density at radius 3 is 2.62 bits per heavy atom. The number of fused-ring (bicyclic) bond motifs is 1. The van der Waals surface area contributed by atoms with Gasteiger partial charge in [0.05, 0.1) is 12.5 Å². The number of benzene rings is 2. The smallest absolute Gasteiger partial charge is 0.225 e. The summed E-state index contributed by atoms with van der Waals surface area (Å²) in [5.41, 5.74) is 1.12. The molecule has 3 rings (SSSR count). The molecule has 1 amide bonds. The normalized spacial score (nSPS) is 14.2. The fraction of sp³-hybridized carbons (Fsp3) is 0.350. The summed E-state index contributed by atoms with van der Waals surface area (Å²) in [6.07, 6.45) is -0.112. The number of hydrogen-bond donors (Lipinski definition) is 1. The fourth-order valence-corrected chi connectivity index (χ4v) is 3.20. The Hall–Kier alpha value is -2.27. The highest BCUT2D eigenvalue weighted by molar-refractivity contribution is 6.31. The number of ether oxygens (including phenoxy) is 2. The first-order chi connectivity index (χ1) is 12.5. The van der Waals surface area contributed by atoms with Gasteiger partial charge in [-0.25, -0.2) is 4.39 Å². The van der Waals surface area contributed by atoms with Gasteiger partial charge in [-0.1, -0.05) is 37.6 Å². The molecule has 0 saturated heterocycles. The van der Waals surface area contributed by atoms with Crippen molar-refractivity contribution in [3.8, 4) is 11.5 Å². The summed E-state index contributed by atoms with van der Waals surface area (Å²) in [4.78, 5) is 12.5. The fourth-order valence-electron chi connectivity index (χ4n) is 2.97. The standard InChI is InChI=1S/C20H21ClFNO3/c1-12(2)20(13-6-7-17-18(10-13)26-9-8-25-17)23-19(24)11-14-15(21)4-3-5-16(14)22/h3-7,10,12,20H,8-9,11H2,1-2H3,(H,23,24). The van der Waals surface area contributed by atoms with Gasteiger partial charge in [0, 0.05) is 10.6 Å². The van der Waals surface area contributed by atoms with Gasteiger partial charge in [0.2, 0.25) is 5.91 Å². The first-order valence-corrected chi connectivity index (χ1v) is 8.95. The maximum Gasteiger partial charge on any atom is 0.225 e. The van der Waals surface area contributed by atoms with E-state index in [1.165, 1.54) is 12.1 Å². The summed E-state index contributed by atoms with van der Waals surface area (Å²) in [6, 6.07) is 9.81. The van der Waals surface area contributed by atoms with Crippen molar-refractivity contribution >= 4 is 17.5 Å². The molecule has 0 fully saturated rings. The molecule has 1 heterocycles. The van der Waals surface area contributed by atoms with Crippen LogP contribution in [0.25, 0.3) is 0 Å². The highest BCUT2D eigenvalue weighted by Crippen LogP contribution is 2.34. The van der Waals surface area contributed by atoms with E-state index in [1.807, 2.05) is 32.0 Å². The zero-order chi connectivity index (χ0) is 18.7. The van der Waals surface area contributed by atoms with Gasteiger partial charge in [-0.05, 0) is 35.7 Å². The van der Waals surface area contributed by atoms with Crippen LogP contribution in [0.1, 0.15) is 31.0 Å². The number of carbonyl (C=O) groups is 1. The van der Waals surface area contributed by atoms with Crippen LogP contribution in [0.4, 0.5) is 4.39 Å². The van der Waals surface area contributed by atoms with E-state index in [0.717, 1.165) is 5.56 Å². The van der Waals surface area contributed by atoms with Crippen molar-refractivity contribution in [2.45, 2.75) is 26.3 Å². The van der Waals surface area contributed by atoms with E-state index in [0.29, 0.717) is 24.7 Å². The predicted octanol–water partition coefficient (Wildman–Crippen LogP) is 4.31. The number of amides is 1. The monoisotopic (exact) mass is 377 g/mol. The topological polar surface area (TPSA) is 47.6 Å². The van der Waals surface area contributed by atoms with Crippen LogP contribution < -0.4 is 14.8 Å². The SMILES string of the molecule is CC(C)C(NC(=O)Cc1c(F)cccc1Cl)c1ccc2c(c1)OCCO2. The zero-order valence-electron chi connectivity index (χ0n) is 14.7. The van der Waals surface area contributed by atoms with Crippen molar-refractivity contribution in [1.29, 1.82) is 0 Å². The first-order valence-electron chi connectivity index (χ1n) is 8.57. The first kappa shape index (κ1) is 18.5. The minimum atomic E-state index is -0.479. The highest BCUT2D eigenvalue weighted by Gasteiger charge is 2.22. The summed E-state index contributed by atoms with van der Waals surface area (Å²) >= 11 is 6.02. The Kier molecular flexibility index (Phi) is 5.67. The molecule has 0 saturated carbocycles. The van der Waals surface area contributed by atoms with Crippen molar-refractivity contribution in [2.75, 3.05) is 13.2 Å². The second kappa shape index (κ2) is 7.96. The Morgan fingerprint density at radius 2 is 1.92 bits per heavy atom. The largest absolute Gasteiger partial charge is 0.486 e. The molecule has 0 bridgehead atoms. The Balaban J connectivity index is 1.77. The van der Waals surface area contributed by atoms with E-state index in [4.69, 9.17) is 21.1 Å². The molecule has 2 aromatic rings. The summed E-state index contributed by atoms with van der Waals surface area (Å²) < 4.78 is 25.1. The summed E-state index contributed by atoms with van der Waals surface area (Å²) in [6.45, 7) is 5.05. The quantitative estimate of drug-likeness (QED) is 0.844. The Labute approximate surface area is 157 Å². The second-order valence-electron chi connectivity index (χ2n) is 6.57. The minimum absolute atomic E-state index is 0.112. The average molecular weight is 378 g/mol. The maximum atomic E-state index is 13.9. The van der Waals surface area contributed by atoms with Crippen molar-refractivity contribution < 1.29 is 18.7 Å². The number of halogens is 2. The molecule has 4 nitrogen and oxygen atoms in total. The van der Waals surface area contributed by atoms with Crippen LogP contribution in [0.2, 0.25) is 5.02 Å². The lowest BCUT2D eigenvalue weighted by molar-refractivity contribution is -0.121. The average Bonchev–Trinajstić information content (AvgIpc) is 2.62. The van der Waals surface area contributed by atoms with Gasteiger partial charge in [-0.15, -0.1) is 0 Å².